The van der Waals surface area contributed by atoms with E-state index in [0.717, 1.165) is 25.6 Å². The molecule has 0 amide bonds. The molecule has 3 nitrogen and oxygen atoms in total. The van der Waals surface area contributed by atoms with Crippen LogP contribution in [0, 0.1) is 5.92 Å². The summed E-state index contributed by atoms with van der Waals surface area (Å²) >= 11 is 1.87. The summed E-state index contributed by atoms with van der Waals surface area (Å²) < 4.78 is 0. The molecule has 0 saturated carbocycles. The average Bonchev–Trinajstić information content (AvgIpc) is 2.82. The van der Waals surface area contributed by atoms with E-state index in [0.29, 0.717) is 0 Å². The highest BCUT2D eigenvalue weighted by atomic mass is 32.1. The zero-order chi connectivity index (χ0) is 13.5. The summed E-state index contributed by atoms with van der Waals surface area (Å²) in [4.78, 5) is 8.50. The van der Waals surface area contributed by atoms with Crippen LogP contribution in [0.15, 0.2) is 6.20 Å². The van der Waals surface area contributed by atoms with Crippen LogP contribution in [0.3, 0.4) is 0 Å². The topological polar surface area (TPSA) is 28.2 Å². The number of aromatic nitrogens is 1. The van der Waals surface area contributed by atoms with Crippen molar-refractivity contribution in [2.45, 2.75) is 52.6 Å². The smallest absolute Gasteiger partial charge is 0.107 e. The Morgan fingerprint density at radius 3 is 3.21 bits per heavy atom. The second-order valence-corrected chi connectivity index (χ2v) is 6.93. The maximum Gasteiger partial charge on any atom is 0.107 e. The first-order chi connectivity index (χ1) is 9.28. The lowest BCUT2D eigenvalue weighted by Gasteiger charge is -2.29. The lowest BCUT2D eigenvalue weighted by molar-refractivity contribution is 0.176. The Morgan fingerprint density at radius 2 is 2.42 bits per heavy atom. The number of rotatable bonds is 7. The molecule has 2 heterocycles. The summed E-state index contributed by atoms with van der Waals surface area (Å²) in [6.07, 6.45) is 7.30. The van der Waals surface area contributed by atoms with Gasteiger partial charge < -0.3 is 5.32 Å². The summed E-state index contributed by atoms with van der Waals surface area (Å²) in [6.45, 7) is 10.2. The van der Waals surface area contributed by atoms with E-state index in [2.05, 4.69) is 29.0 Å². The van der Waals surface area contributed by atoms with Crippen LogP contribution >= 0.6 is 11.3 Å². The van der Waals surface area contributed by atoms with Gasteiger partial charge in [-0.05, 0) is 38.3 Å². The normalized spacial score (nSPS) is 20.8. The molecule has 1 fully saturated rings. The van der Waals surface area contributed by atoms with E-state index in [1.807, 2.05) is 17.5 Å². The molecule has 0 radical (unpaired) electrons. The summed E-state index contributed by atoms with van der Waals surface area (Å²) in [5.41, 5.74) is 0. The van der Waals surface area contributed by atoms with Crippen molar-refractivity contribution >= 4 is 11.3 Å². The van der Waals surface area contributed by atoms with Crippen LogP contribution < -0.4 is 5.32 Å². The number of piperidine rings is 1. The van der Waals surface area contributed by atoms with Crippen LogP contribution in [0.5, 0.6) is 0 Å². The molecule has 0 bridgehead atoms. The number of unbranched alkanes of at least 4 members (excludes halogenated alkanes) is 1. The van der Waals surface area contributed by atoms with E-state index in [4.69, 9.17) is 0 Å². The molecule has 1 N–H and O–H groups in total. The van der Waals surface area contributed by atoms with Crippen LogP contribution in [-0.4, -0.2) is 29.5 Å². The van der Waals surface area contributed by atoms with Crippen molar-refractivity contribution in [3.8, 4) is 0 Å². The third kappa shape index (κ3) is 5.21. The van der Waals surface area contributed by atoms with E-state index in [1.165, 1.54) is 48.7 Å². The number of hydrogen-bond donors (Lipinski definition) is 1. The van der Waals surface area contributed by atoms with Gasteiger partial charge in [-0.1, -0.05) is 20.3 Å². The van der Waals surface area contributed by atoms with Gasteiger partial charge in [-0.2, -0.15) is 0 Å². The zero-order valence-corrected chi connectivity index (χ0v) is 13.1. The molecule has 0 aliphatic carbocycles. The summed E-state index contributed by atoms with van der Waals surface area (Å²) in [6, 6.07) is 0. The SMILES string of the molecule is CCCCNCc1cnc(CN2CCCC(C)C2)s1. The molecule has 1 unspecified atom stereocenters. The van der Waals surface area contributed by atoms with Gasteiger partial charge in [0, 0.05) is 24.2 Å². The van der Waals surface area contributed by atoms with Gasteiger partial charge in [-0.15, -0.1) is 11.3 Å². The molecule has 2 rings (SSSR count). The molecule has 1 aromatic heterocycles. The molecule has 1 saturated heterocycles. The van der Waals surface area contributed by atoms with E-state index in [1.54, 1.807) is 0 Å². The third-order valence-corrected chi connectivity index (χ3v) is 4.69. The predicted molar refractivity (Wildman–Crippen MR) is 82.4 cm³/mol. The zero-order valence-electron chi connectivity index (χ0n) is 12.3. The standard InChI is InChI=1S/C15H27N3S/c1-3-4-7-16-9-14-10-17-15(19-14)12-18-8-5-6-13(2)11-18/h10,13,16H,3-9,11-12H2,1-2H3. The minimum absolute atomic E-state index is 0.851. The number of likely N-dealkylation sites (tertiary alicyclic amines) is 1. The summed E-state index contributed by atoms with van der Waals surface area (Å²) in [5.74, 6) is 0.851. The van der Waals surface area contributed by atoms with Crippen LogP contribution in [0.2, 0.25) is 0 Å². The molecular formula is C15H27N3S. The van der Waals surface area contributed by atoms with Crippen molar-refractivity contribution in [2.75, 3.05) is 19.6 Å². The van der Waals surface area contributed by atoms with Crippen LogP contribution in [0.1, 0.15) is 49.4 Å². The van der Waals surface area contributed by atoms with Crippen molar-refractivity contribution in [1.29, 1.82) is 0 Å². The first-order valence-corrected chi connectivity index (χ1v) is 8.46. The van der Waals surface area contributed by atoms with Gasteiger partial charge in [0.15, 0.2) is 0 Å². The molecular weight excluding hydrogens is 254 g/mol. The number of hydrogen-bond acceptors (Lipinski definition) is 4. The molecule has 0 aromatic carbocycles. The highest BCUT2D eigenvalue weighted by molar-refractivity contribution is 7.11. The van der Waals surface area contributed by atoms with Crippen molar-refractivity contribution in [2.24, 2.45) is 5.92 Å². The van der Waals surface area contributed by atoms with Crippen LogP contribution in [0.4, 0.5) is 0 Å². The fourth-order valence-electron chi connectivity index (χ4n) is 2.64. The Bertz CT molecular complexity index is 364. The Kier molecular flexibility index (Phi) is 6.28. The predicted octanol–water partition coefficient (Wildman–Crippen LogP) is 3.26. The van der Waals surface area contributed by atoms with Gasteiger partial charge in [0.25, 0.3) is 0 Å². The monoisotopic (exact) mass is 281 g/mol. The minimum Gasteiger partial charge on any atom is -0.312 e. The average molecular weight is 281 g/mol. The quantitative estimate of drug-likeness (QED) is 0.778. The minimum atomic E-state index is 0.851. The Balaban J connectivity index is 1.73. The van der Waals surface area contributed by atoms with E-state index in [9.17, 15) is 0 Å². The maximum absolute atomic E-state index is 4.57. The van der Waals surface area contributed by atoms with Gasteiger partial charge >= 0.3 is 0 Å². The van der Waals surface area contributed by atoms with Gasteiger partial charge in [0.05, 0.1) is 6.54 Å². The van der Waals surface area contributed by atoms with Gasteiger partial charge in [0.2, 0.25) is 0 Å². The molecule has 1 aliphatic heterocycles. The lowest BCUT2D eigenvalue weighted by Crippen LogP contribution is -2.33. The molecule has 4 heteroatoms. The fraction of sp³-hybridized carbons (Fsp3) is 0.800. The second kappa shape index (κ2) is 7.98. The third-order valence-electron chi connectivity index (χ3n) is 3.71. The van der Waals surface area contributed by atoms with Gasteiger partial charge in [-0.3, -0.25) is 4.90 Å². The lowest BCUT2D eigenvalue weighted by atomic mass is 10.0. The molecule has 1 aliphatic rings. The van der Waals surface area contributed by atoms with Crippen molar-refractivity contribution in [3.63, 3.8) is 0 Å². The summed E-state index contributed by atoms with van der Waals surface area (Å²) in [7, 11) is 0. The Labute approximate surface area is 121 Å². The molecule has 19 heavy (non-hydrogen) atoms. The Hall–Kier alpha value is -0.450. The van der Waals surface area contributed by atoms with Crippen LogP contribution in [-0.2, 0) is 13.1 Å². The first-order valence-electron chi connectivity index (χ1n) is 7.64. The molecule has 1 atom stereocenters. The molecule has 108 valence electrons. The van der Waals surface area contributed by atoms with E-state index in [-0.39, 0.29) is 0 Å². The number of nitrogens with zero attached hydrogens (tertiary/aromatic N) is 2. The number of thiazole rings is 1. The highest BCUT2D eigenvalue weighted by Crippen LogP contribution is 2.20. The largest absolute Gasteiger partial charge is 0.312 e. The maximum atomic E-state index is 4.57. The Morgan fingerprint density at radius 1 is 1.53 bits per heavy atom. The molecule has 1 aromatic rings. The van der Waals surface area contributed by atoms with Gasteiger partial charge in [-0.25, -0.2) is 4.98 Å². The van der Waals surface area contributed by atoms with Crippen molar-refractivity contribution < 1.29 is 0 Å². The van der Waals surface area contributed by atoms with E-state index >= 15 is 0 Å². The van der Waals surface area contributed by atoms with Crippen molar-refractivity contribution in [3.05, 3.63) is 16.1 Å². The van der Waals surface area contributed by atoms with Gasteiger partial charge in [0.1, 0.15) is 5.01 Å². The first kappa shape index (κ1) is 14.9. The van der Waals surface area contributed by atoms with Crippen molar-refractivity contribution in [1.82, 2.24) is 15.2 Å². The molecule has 0 spiro atoms. The highest BCUT2D eigenvalue weighted by Gasteiger charge is 2.17. The second-order valence-electron chi connectivity index (χ2n) is 5.73. The number of nitrogens with one attached hydrogen (secondary N) is 1. The van der Waals surface area contributed by atoms with E-state index < -0.39 is 0 Å². The fourth-order valence-corrected chi connectivity index (χ4v) is 3.57. The van der Waals surface area contributed by atoms with Crippen LogP contribution in [0.25, 0.3) is 0 Å². The summed E-state index contributed by atoms with van der Waals surface area (Å²) in [5, 5.41) is 4.76.